The number of carbonyl (C=O) groups excluding carboxylic acids is 1. The van der Waals surface area contributed by atoms with Crippen LogP contribution in [0.2, 0.25) is 0 Å². The van der Waals surface area contributed by atoms with E-state index in [1.807, 2.05) is 10.9 Å². The van der Waals surface area contributed by atoms with Crippen molar-refractivity contribution in [1.82, 2.24) is 20.4 Å². The Morgan fingerprint density at radius 3 is 3.18 bits per heavy atom. The molecule has 0 saturated carbocycles. The van der Waals surface area contributed by atoms with Gasteiger partial charge >= 0.3 is 0 Å². The molecule has 6 heteroatoms. The molecule has 124 valence electrons. The van der Waals surface area contributed by atoms with Crippen molar-refractivity contribution in [1.29, 1.82) is 0 Å². The first-order chi connectivity index (χ1) is 10.7. The van der Waals surface area contributed by atoms with Crippen LogP contribution in [0.15, 0.2) is 12.3 Å². The Morgan fingerprint density at radius 2 is 2.45 bits per heavy atom. The van der Waals surface area contributed by atoms with Gasteiger partial charge in [-0.05, 0) is 37.8 Å². The Balaban J connectivity index is 1.68. The zero-order valence-electron chi connectivity index (χ0n) is 13.7. The smallest absolute Gasteiger partial charge is 0.271 e. The van der Waals surface area contributed by atoms with Crippen LogP contribution in [0.25, 0.3) is 0 Å². The second-order valence-corrected chi connectivity index (χ2v) is 6.26. The molecule has 1 unspecified atom stereocenters. The molecule has 0 spiro atoms. The number of nitrogens with zero attached hydrogens (tertiary/aromatic N) is 2. The molecule has 6 nitrogen and oxygen atoms in total. The number of carbonyl (C=O) groups is 1. The third kappa shape index (κ3) is 5.42. The van der Waals surface area contributed by atoms with Crippen LogP contribution in [0.5, 0.6) is 0 Å². The summed E-state index contributed by atoms with van der Waals surface area (Å²) in [6, 6.07) is 2.15. The molecule has 1 fully saturated rings. The molecule has 0 radical (unpaired) electrons. The summed E-state index contributed by atoms with van der Waals surface area (Å²) in [6.45, 7) is 8.32. The molecule has 0 aromatic carbocycles. The third-order valence-corrected chi connectivity index (χ3v) is 3.69. The van der Waals surface area contributed by atoms with Crippen LogP contribution in [0.3, 0.4) is 0 Å². The van der Waals surface area contributed by atoms with E-state index in [2.05, 4.69) is 29.6 Å². The minimum atomic E-state index is -0.105. The summed E-state index contributed by atoms with van der Waals surface area (Å²) < 4.78 is 7.40. The number of hydrogen-bond donors (Lipinski definition) is 2. The molecule has 1 aliphatic heterocycles. The molecule has 1 aromatic heterocycles. The fraction of sp³-hybridized carbons (Fsp3) is 0.750. The molecule has 0 bridgehead atoms. The molecular formula is C16H28N4O2. The van der Waals surface area contributed by atoms with Crippen molar-refractivity contribution in [3.05, 3.63) is 18.0 Å². The zero-order valence-corrected chi connectivity index (χ0v) is 13.7. The van der Waals surface area contributed by atoms with Gasteiger partial charge in [0.2, 0.25) is 0 Å². The highest BCUT2D eigenvalue weighted by atomic mass is 16.5. The summed E-state index contributed by atoms with van der Waals surface area (Å²) in [5.41, 5.74) is 0.494. The summed E-state index contributed by atoms with van der Waals surface area (Å²) in [4.78, 5) is 12.0. The van der Waals surface area contributed by atoms with E-state index in [0.29, 0.717) is 30.8 Å². The molecule has 2 N–H and O–H groups in total. The number of amides is 1. The SMILES string of the molecule is CC(C)COCCCNC(=O)c1ccn(C2CCCNC2)n1. The molecule has 1 saturated heterocycles. The molecule has 0 aliphatic carbocycles. The van der Waals surface area contributed by atoms with Gasteiger partial charge in [-0.15, -0.1) is 0 Å². The Hall–Kier alpha value is -1.40. The number of hydrogen-bond acceptors (Lipinski definition) is 4. The standard InChI is InChI=1S/C16H28N4O2/c1-13(2)12-22-10-4-8-18-16(21)15-6-9-20(19-15)14-5-3-7-17-11-14/h6,9,13-14,17H,3-5,7-8,10-12H2,1-2H3,(H,18,21). The van der Waals surface area contributed by atoms with Gasteiger partial charge < -0.3 is 15.4 Å². The number of aromatic nitrogens is 2. The van der Waals surface area contributed by atoms with Gasteiger partial charge in [0.15, 0.2) is 0 Å². The Bertz CT molecular complexity index is 453. The second-order valence-electron chi connectivity index (χ2n) is 6.26. The molecule has 1 atom stereocenters. The van der Waals surface area contributed by atoms with E-state index in [-0.39, 0.29) is 5.91 Å². The van der Waals surface area contributed by atoms with Crippen LogP contribution in [0, 0.1) is 5.92 Å². The van der Waals surface area contributed by atoms with Crippen LogP contribution >= 0.6 is 0 Å². The van der Waals surface area contributed by atoms with Crippen molar-refractivity contribution in [3.63, 3.8) is 0 Å². The first-order valence-electron chi connectivity index (χ1n) is 8.28. The van der Waals surface area contributed by atoms with Crippen molar-refractivity contribution < 1.29 is 9.53 Å². The predicted molar refractivity (Wildman–Crippen MR) is 86.0 cm³/mol. The molecule has 1 aromatic rings. The lowest BCUT2D eigenvalue weighted by Gasteiger charge is -2.22. The molecule has 2 rings (SSSR count). The summed E-state index contributed by atoms with van der Waals surface area (Å²) in [5.74, 6) is 0.444. The van der Waals surface area contributed by atoms with Crippen molar-refractivity contribution in [2.75, 3.05) is 32.8 Å². The molecule has 1 aliphatic rings. The highest BCUT2D eigenvalue weighted by molar-refractivity contribution is 5.92. The summed E-state index contributed by atoms with van der Waals surface area (Å²) in [7, 11) is 0. The Kier molecular flexibility index (Phi) is 6.86. The van der Waals surface area contributed by atoms with Gasteiger partial charge in [-0.3, -0.25) is 9.48 Å². The average Bonchev–Trinajstić information content (AvgIpc) is 3.01. The van der Waals surface area contributed by atoms with Crippen LogP contribution in [-0.2, 0) is 4.74 Å². The molecule has 2 heterocycles. The maximum Gasteiger partial charge on any atom is 0.271 e. The van der Waals surface area contributed by atoms with E-state index in [4.69, 9.17) is 4.74 Å². The lowest BCUT2D eigenvalue weighted by atomic mass is 10.1. The fourth-order valence-corrected chi connectivity index (χ4v) is 2.51. The topological polar surface area (TPSA) is 68.2 Å². The van der Waals surface area contributed by atoms with Crippen LogP contribution in [0.1, 0.15) is 49.6 Å². The number of ether oxygens (including phenoxy) is 1. The Morgan fingerprint density at radius 1 is 1.59 bits per heavy atom. The van der Waals surface area contributed by atoms with E-state index < -0.39 is 0 Å². The van der Waals surface area contributed by atoms with Gasteiger partial charge in [-0.25, -0.2) is 0 Å². The van der Waals surface area contributed by atoms with E-state index in [0.717, 1.165) is 39.0 Å². The van der Waals surface area contributed by atoms with Gasteiger partial charge in [0, 0.05) is 32.5 Å². The number of nitrogens with one attached hydrogen (secondary N) is 2. The van der Waals surface area contributed by atoms with Crippen LogP contribution in [0.4, 0.5) is 0 Å². The molecule has 1 amide bonds. The lowest BCUT2D eigenvalue weighted by molar-refractivity contribution is 0.0919. The zero-order chi connectivity index (χ0) is 15.8. The summed E-state index contributed by atoms with van der Waals surface area (Å²) >= 11 is 0. The van der Waals surface area contributed by atoms with Gasteiger partial charge in [0.1, 0.15) is 5.69 Å². The fourth-order valence-electron chi connectivity index (χ4n) is 2.51. The van der Waals surface area contributed by atoms with Gasteiger partial charge in [0.25, 0.3) is 5.91 Å². The summed E-state index contributed by atoms with van der Waals surface area (Å²) in [6.07, 6.45) is 5.00. The van der Waals surface area contributed by atoms with Gasteiger partial charge in [0.05, 0.1) is 6.04 Å². The van der Waals surface area contributed by atoms with E-state index in [9.17, 15) is 4.79 Å². The highest BCUT2D eigenvalue weighted by Crippen LogP contribution is 2.15. The Labute approximate surface area is 132 Å². The normalized spacial score (nSPS) is 18.6. The van der Waals surface area contributed by atoms with Crippen molar-refractivity contribution in [2.45, 2.75) is 39.2 Å². The van der Waals surface area contributed by atoms with E-state index >= 15 is 0 Å². The molecular weight excluding hydrogens is 280 g/mol. The molecule has 22 heavy (non-hydrogen) atoms. The van der Waals surface area contributed by atoms with E-state index in [1.165, 1.54) is 0 Å². The third-order valence-electron chi connectivity index (χ3n) is 3.69. The summed E-state index contributed by atoms with van der Waals surface area (Å²) in [5, 5.41) is 10.7. The van der Waals surface area contributed by atoms with Crippen molar-refractivity contribution >= 4 is 5.91 Å². The van der Waals surface area contributed by atoms with Gasteiger partial charge in [-0.1, -0.05) is 13.8 Å². The number of piperidine rings is 1. The lowest BCUT2D eigenvalue weighted by Crippen LogP contribution is -2.32. The maximum atomic E-state index is 12.0. The largest absolute Gasteiger partial charge is 0.381 e. The van der Waals surface area contributed by atoms with Crippen LogP contribution < -0.4 is 10.6 Å². The maximum absolute atomic E-state index is 12.0. The van der Waals surface area contributed by atoms with Crippen LogP contribution in [-0.4, -0.2) is 48.5 Å². The number of rotatable bonds is 8. The van der Waals surface area contributed by atoms with Crippen molar-refractivity contribution in [2.24, 2.45) is 5.92 Å². The average molecular weight is 308 g/mol. The monoisotopic (exact) mass is 308 g/mol. The second kappa shape index (κ2) is 8.90. The minimum absolute atomic E-state index is 0.105. The highest BCUT2D eigenvalue weighted by Gasteiger charge is 2.17. The first-order valence-corrected chi connectivity index (χ1v) is 8.28. The van der Waals surface area contributed by atoms with Crippen molar-refractivity contribution in [3.8, 4) is 0 Å². The van der Waals surface area contributed by atoms with Gasteiger partial charge in [-0.2, -0.15) is 5.10 Å². The predicted octanol–water partition coefficient (Wildman–Crippen LogP) is 1.60. The first kappa shape index (κ1) is 17.0. The minimum Gasteiger partial charge on any atom is -0.381 e. The van der Waals surface area contributed by atoms with E-state index in [1.54, 1.807) is 6.07 Å². The quantitative estimate of drug-likeness (QED) is 0.716.